The number of benzene rings is 7. The van der Waals surface area contributed by atoms with E-state index in [1.807, 2.05) is 55.6 Å². The van der Waals surface area contributed by atoms with Gasteiger partial charge >= 0.3 is 0 Å². The molecule has 1 radical (unpaired) electrons. The summed E-state index contributed by atoms with van der Waals surface area (Å²) in [7, 11) is -1.50. The number of thiophene rings is 1. The fourth-order valence-electron chi connectivity index (χ4n) is 9.30. The van der Waals surface area contributed by atoms with Gasteiger partial charge in [-0.15, -0.1) is 59.7 Å². The number of aromatic nitrogens is 3. The maximum atomic E-state index is 8.44. The second kappa shape index (κ2) is 19.1. The Balaban J connectivity index is 0.000000251. The summed E-state index contributed by atoms with van der Waals surface area (Å²) >= 11 is 1.84. The molecule has 0 aliphatic carbocycles. The van der Waals surface area contributed by atoms with Gasteiger partial charge in [0.25, 0.3) is 0 Å². The molecule has 0 spiro atoms. The average Bonchev–Trinajstić information content (AvgIpc) is 3.86. The van der Waals surface area contributed by atoms with E-state index in [0.717, 1.165) is 44.9 Å². The normalized spacial score (nSPS) is 12.2. The number of rotatable bonds is 7. The van der Waals surface area contributed by atoms with Gasteiger partial charge in [0.2, 0.25) is 0 Å². The standard InChI is InChI=1S/C44H37N2S.C17H22NSi.Ir/c1-27-22-28(2)42(29(3)23-27)31-16-19-34-36-24-32(17-21-40(36)47-41(34)25-31)43-45-37-14-10-11-15-39(37)46(43)38-20-18-33(44(4,5)6)26-35(38)30-12-8-7-9-13-30;1-13(2)15-11-16(14-9-7-6-8-10-14)18-12-17(15)19(3,4)5;/h7-16,18-26H,1-6H3;6-9,11-13H,1-5H3;/q2*-1;/i;13D;. The Bertz CT molecular complexity index is 3420. The maximum Gasteiger partial charge on any atom is 0.0799 e. The number of nitrogens with zero attached hydrogens (tertiary/aromatic N) is 3. The van der Waals surface area contributed by atoms with Crippen LogP contribution < -0.4 is 5.19 Å². The number of hydrogen-bond donors (Lipinski definition) is 0. The van der Waals surface area contributed by atoms with Gasteiger partial charge < -0.3 is 9.55 Å². The summed E-state index contributed by atoms with van der Waals surface area (Å²) in [6.45, 7) is 24.2. The zero-order valence-corrected chi connectivity index (χ0v) is 44.7. The van der Waals surface area contributed by atoms with Crippen molar-refractivity contribution < 1.29 is 21.5 Å². The summed E-state index contributed by atoms with van der Waals surface area (Å²) < 4.78 is 13.3. The summed E-state index contributed by atoms with van der Waals surface area (Å²) in [5, 5.41) is 3.79. The summed E-state index contributed by atoms with van der Waals surface area (Å²) in [6.07, 6.45) is 1.98. The van der Waals surface area contributed by atoms with E-state index in [2.05, 4.69) is 204 Å². The quantitative estimate of drug-likeness (QED) is 0.118. The number of fused-ring (bicyclic) bond motifs is 4. The van der Waals surface area contributed by atoms with Gasteiger partial charge in [0, 0.05) is 43.6 Å². The monoisotopic (exact) mass is 1090 g/mol. The van der Waals surface area contributed by atoms with Crippen molar-refractivity contribution in [2.45, 2.75) is 86.3 Å². The molecule has 0 unspecified atom stereocenters. The summed E-state index contributed by atoms with van der Waals surface area (Å²) in [5.74, 6) is 0.290. The zero-order valence-electron chi connectivity index (χ0n) is 41.5. The molecule has 0 aliphatic rings. The van der Waals surface area contributed by atoms with Crippen LogP contribution in [0.5, 0.6) is 0 Å². The average molecular weight is 1090 g/mol. The smallest absolute Gasteiger partial charge is 0.0799 e. The van der Waals surface area contributed by atoms with Crippen LogP contribution in [0.1, 0.15) is 69.7 Å². The topological polar surface area (TPSA) is 30.7 Å². The van der Waals surface area contributed by atoms with Crippen LogP contribution in [0.15, 0.2) is 152 Å². The van der Waals surface area contributed by atoms with Gasteiger partial charge in [-0.05, 0) is 117 Å². The molecule has 3 heterocycles. The predicted molar refractivity (Wildman–Crippen MR) is 288 cm³/mol. The van der Waals surface area contributed by atoms with Crippen molar-refractivity contribution >= 4 is 55.8 Å². The Kier molecular flexibility index (Phi) is 13.2. The van der Waals surface area contributed by atoms with Gasteiger partial charge in [-0.25, -0.2) is 0 Å². The van der Waals surface area contributed by atoms with Gasteiger partial charge in [0.05, 0.1) is 24.9 Å². The van der Waals surface area contributed by atoms with Crippen LogP contribution in [0.4, 0.5) is 0 Å². The van der Waals surface area contributed by atoms with Crippen molar-refractivity contribution in [1.82, 2.24) is 14.5 Å². The molecule has 0 saturated heterocycles. The molecule has 0 saturated carbocycles. The molecule has 3 nitrogen and oxygen atoms in total. The van der Waals surface area contributed by atoms with Crippen molar-refractivity contribution in [3.05, 3.63) is 192 Å². The Morgan fingerprint density at radius 3 is 2.10 bits per heavy atom. The molecule has 67 heavy (non-hydrogen) atoms. The molecule has 3 aromatic heterocycles. The molecule has 0 N–H and O–H groups in total. The SMILES string of the molecule is Cc1cc(C)c(-c2ccc3c(c2)sc2c[c-]c(-c4nc5ccccc5n4-c4ccc(C(C)(C)C)cc4-c4ccccc4)cc23)c(C)c1.[2H]C(C)(C)c1cc(-c2[c-]cccc2)ncc1[Si](C)(C)C.[Ir]. The third-order valence-corrected chi connectivity index (χ3v) is 15.7. The van der Waals surface area contributed by atoms with E-state index in [1.54, 1.807) is 0 Å². The molecule has 0 atom stereocenters. The van der Waals surface area contributed by atoms with Crippen LogP contribution in [0.2, 0.25) is 19.6 Å². The second-order valence-corrected chi connectivity index (χ2v) is 26.1. The molecule has 7 aromatic carbocycles. The van der Waals surface area contributed by atoms with E-state index < -0.39 is 14.0 Å². The Morgan fingerprint density at radius 2 is 1.42 bits per heavy atom. The van der Waals surface area contributed by atoms with Crippen molar-refractivity contribution in [1.29, 1.82) is 0 Å². The third kappa shape index (κ3) is 9.69. The molecule has 6 heteroatoms. The Morgan fingerprint density at radius 1 is 0.701 bits per heavy atom. The third-order valence-electron chi connectivity index (χ3n) is 12.6. The van der Waals surface area contributed by atoms with E-state index in [-0.39, 0.29) is 25.5 Å². The minimum atomic E-state index is -1.50. The number of aryl methyl sites for hydroxylation is 3. The molecular formula is C61H59IrN3SSi-2. The first kappa shape index (κ1) is 46.4. The minimum absolute atomic E-state index is 0. The Labute approximate surface area is 417 Å². The zero-order chi connectivity index (χ0) is 47.4. The number of para-hydroxylation sites is 2. The van der Waals surface area contributed by atoms with E-state index >= 15 is 0 Å². The van der Waals surface area contributed by atoms with Gasteiger partial charge in [0.15, 0.2) is 0 Å². The van der Waals surface area contributed by atoms with Gasteiger partial charge in [-0.3, -0.25) is 4.98 Å². The van der Waals surface area contributed by atoms with Crippen LogP contribution in [0.3, 0.4) is 0 Å². The number of pyridine rings is 1. The van der Waals surface area contributed by atoms with Crippen molar-refractivity contribution in [3.63, 3.8) is 0 Å². The van der Waals surface area contributed by atoms with Gasteiger partial charge in [-0.2, -0.15) is 11.3 Å². The number of hydrogen-bond acceptors (Lipinski definition) is 3. The number of imidazole rings is 1. The van der Waals surface area contributed by atoms with E-state index in [4.69, 9.17) is 6.35 Å². The maximum absolute atomic E-state index is 8.44. The fraction of sp³-hybridized carbons (Fsp3) is 0.213. The first-order chi connectivity index (χ1) is 31.8. The molecule has 339 valence electrons. The minimum Gasteiger partial charge on any atom is -0.333 e. The van der Waals surface area contributed by atoms with Crippen LogP contribution in [-0.2, 0) is 25.5 Å². The van der Waals surface area contributed by atoms with Crippen LogP contribution in [-0.4, -0.2) is 22.6 Å². The van der Waals surface area contributed by atoms with Crippen molar-refractivity contribution in [2.75, 3.05) is 0 Å². The summed E-state index contributed by atoms with van der Waals surface area (Å²) in [5.41, 5.74) is 17.4. The van der Waals surface area contributed by atoms with Crippen LogP contribution in [0.25, 0.3) is 81.8 Å². The Hall–Kier alpha value is -5.75. The molecule has 0 aliphatic heterocycles. The van der Waals surface area contributed by atoms with Crippen LogP contribution in [0, 0.1) is 32.9 Å². The first-order valence-electron chi connectivity index (χ1n) is 23.5. The van der Waals surface area contributed by atoms with E-state index in [1.165, 1.54) is 69.9 Å². The van der Waals surface area contributed by atoms with E-state index in [9.17, 15) is 0 Å². The second-order valence-electron chi connectivity index (χ2n) is 20.0. The molecule has 0 bridgehead atoms. The molecule has 10 rings (SSSR count). The van der Waals surface area contributed by atoms with Gasteiger partial charge in [0.1, 0.15) is 0 Å². The fourth-order valence-corrected chi connectivity index (χ4v) is 12.0. The van der Waals surface area contributed by atoms with Crippen molar-refractivity contribution in [3.8, 4) is 50.6 Å². The summed E-state index contributed by atoms with van der Waals surface area (Å²) in [6, 6.07) is 58.8. The predicted octanol–water partition coefficient (Wildman–Crippen LogP) is 16.6. The van der Waals surface area contributed by atoms with Gasteiger partial charge in [-0.1, -0.05) is 150 Å². The molecule has 0 amide bonds. The molecule has 10 aromatic rings. The van der Waals surface area contributed by atoms with Crippen LogP contribution >= 0.6 is 11.3 Å². The molecule has 0 fully saturated rings. The summed E-state index contributed by atoms with van der Waals surface area (Å²) in [4.78, 5) is 9.86. The largest absolute Gasteiger partial charge is 0.333 e. The van der Waals surface area contributed by atoms with E-state index in [0.29, 0.717) is 0 Å². The molecular weight excluding hydrogens is 1030 g/mol. The first-order valence-corrected chi connectivity index (χ1v) is 27.3. The van der Waals surface area contributed by atoms with Crippen molar-refractivity contribution in [2.24, 2.45) is 0 Å².